The molecule has 3 N–H and O–H groups in total. The smallest absolute Gasteiger partial charge is 0.327 e. The van der Waals surface area contributed by atoms with Gasteiger partial charge >= 0.3 is 11.9 Å². The van der Waals surface area contributed by atoms with Crippen molar-refractivity contribution in [3.05, 3.63) is 35.9 Å². The SMILES string of the molecule is CC1(C)S[C@H]2[C@@H](NC(=O)[C@@H](C(=O)O)c3ccccc3)C(=O)N2[C@@H]1C(=O)O. The number of carbonyl (C=O) groups is 4. The van der Waals surface area contributed by atoms with E-state index < -0.39 is 51.9 Å². The number of amides is 2. The largest absolute Gasteiger partial charge is 0.480 e. The van der Waals surface area contributed by atoms with Gasteiger partial charge in [0.1, 0.15) is 17.5 Å². The highest BCUT2D eigenvalue weighted by molar-refractivity contribution is 8.01. The van der Waals surface area contributed by atoms with Gasteiger partial charge in [0, 0.05) is 4.75 Å². The van der Waals surface area contributed by atoms with Crippen LogP contribution in [-0.4, -0.2) is 61.1 Å². The Kier molecular flexibility index (Phi) is 4.43. The molecule has 2 aliphatic heterocycles. The Morgan fingerprint density at radius 3 is 2.35 bits per heavy atom. The van der Waals surface area contributed by atoms with Gasteiger partial charge in [0.25, 0.3) is 0 Å². The quantitative estimate of drug-likeness (QED) is 0.503. The van der Waals surface area contributed by atoms with Crippen LogP contribution in [0.4, 0.5) is 0 Å². The third-order valence-corrected chi connectivity index (χ3v) is 6.19. The van der Waals surface area contributed by atoms with Crippen LogP contribution in [0, 0.1) is 0 Å². The van der Waals surface area contributed by atoms with Crippen LogP contribution < -0.4 is 5.32 Å². The fourth-order valence-corrected chi connectivity index (χ4v) is 5.06. The standard InChI is InChI=1S/C17H18N2O6S/c1-17(2)11(16(24)25)19-13(21)10(14(19)26-17)18-12(20)9(15(22)23)8-6-4-3-5-7-8/h3-7,9-11,14H,1-2H3,(H,18,20)(H,22,23)(H,24,25)/t9-,10-,11+,14-/m0/s1. The number of thioether (sulfide) groups is 1. The van der Waals surface area contributed by atoms with Crippen LogP contribution in [0.3, 0.4) is 0 Å². The molecule has 0 radical (unpaired) electrons. The number of hydrogen-bond donors (Lipinski definition) is 3. The van der Waals surface area contributed by atoms with Crippen molar-refractivity contribution in [2.75, 3.05) is 0 Å². The summed E-state index contributed by atoms with van der Waals surface area (Å²) in [5, 5.41) is 20.8. The number of aliphatic carboxylic acids is 2. The van der Waals surface area contributed by atoms with Gasteiger partial charge in [-0.2, -0.15) is 0 Å². The molecule has 0 unspecified atom stereocenters. The number of nitrogens with zero attached hydrogens (tertiary/aromatic N) is 1. The number of benzene rings is 1. The van der Waals surface area contributed by atoms with Crippen molar-refractivity contribution in [1.82, 2.24) is 10.2 Å². The molecule has 2 fully saturated rings. The van der Waals surface area contributed by atoms with Gasteiger partial charge in [-0.25, -0.2) is 4.79 Å². The van der Waals surface area contributed by atoms with Crippen LogP contribution in [-0.2, 0) is 19.2 Å². The first-order valence-corrected chi connectivity index (χ1v) is 8.84. The maximum absolute atomic E-state index is 12.5. The minimum absolute atomic E-state index is 0.309. The Bertz CT molecular complexity index is 781. The van der Waals surface area contributed by atoms with Crippen molar-refractivity contribution in [1.29, 1.82) is 0 Å². The first-order chi connectivity index (χ1) is 12.1. The van der Waals surface area contributed by atoms with E-state index in [4.69, 9.17) is 0 Å². The summed E-state index contributed by atoms with van der Waals surface area (Å²) in [4.78, 5) is 49.2. The van der Waals surface area contributed by atoms with Crippen molar-refractivity contribution >= 4 is 35.5 Å². The molecule has 0 spiro atoms. The third-order valence-electron chi connectivity index (χ3n) is 4.61. The van der Waals surface area contributed by atoms with Crippen molar-refractivity contribution in [2.24, 2.45) is 0 Å². The summed E-state index contributed by atoms with van der Waals surface area (Å²) < 4.78 is -0.711. The number of fused-ring (bicyclic) bond motifs is 1. The van der Waals surface area contributed by atoms with E-state index in [1.165, 1.54) is 28.8 Å². The lowest BCUT2D eigenvalue weighted by molar-refractivity contribution is -0.161. The lowest BCUT2D eigenvalue weighted by Gasteiger charge is -2.43. The molecule has 2 heterocycles. The molecule has 8 nitrogen and oxygen atoms in total. The molecule has 2 amide bonds. The third kappa shape index (κ3) is 2.82. The average molecular weight is 378 g/mol. The van der Waals surface area contributed by atoms with Crippen molar-refractivity contribution < 1.29 is 29.4 Å². The number of carboxylic acid groups (broad SMARTS) is 2. The van der Waals surface area contributed by atoms with Crippen molar-refractivity contribution in [3.63, 3.8) is 0 Å². The van der Waals surface area contributed by atoms with Crippen LogP contribution in [0.5, 0.6) is 0 Å². The molecule has 9 heteroatoms. The second-order valence-electron chi connectivity index (χ2n) is 6.77. The zero-order valence-electron chi connectivity index (χ0n) is 14.1. The monoisotopic (exact) mass is 378 g/mol. The predicted molar refractivity (Wildman–Crippen MR) is 92.5 cm³/mol. The maximum atomic E-state index is 12.5. The second kappa shape index (κ2) is 6.31. The molecule has 138 valence electrons. The van der Waals surface area contributed by atoms with E-state index in [0.29, 0.717) is 5.56 Å². The van der Waals surface area contributed by atoms with Crippen LogP contribution >= 0.6 is 11.8 Å². The minimum Gasteiger partial charge on any atom is -0.480 e. The maximum Gasteiger partial charge on any atom is 0.327 e. The highest BCUT2D eigenvalue weighted by atomic mass is 32.2. The average Bonchev–Trinajstić information content (AvgIpc) is 2.82. The summed E-state index contributed by atoms with van der Waals surface area (Å²) in [5.41, 5.74) is 0.309. The van der Waals surface area contributed by atoms with Crippen LogP contribution in [0.25, 0.3) is 0 Å². The molecule has 4 atom stereocenters. The highest BCUT2D eigenvalue weighted by Gasteiger charge is 2.64. The summed E-state index contributed by atoms with van der Waals surface area (Å²) in [5.74, 6) is -5.16. The van der Waals surface area contributed by atoms with Crippen LogP contribution in [0.15, 0.2) is 30.3 Å². The molecule has 2 saturated heterocycles. The van der Waals surface area contributed by atoms with Gasteiger partial charge in [-0.15, -0.1) is 11.8 Å². The topological polar surface area (TPSA) is 124 Å². The Hall–Kier alpha value is -2.55. The second-order valence-corrected chi connectivity index (χ2v) is 8.54. The van der Waals surface area contributed by atoms with E-state index in [2.05, 4.69) is 5.32 Å². The Morgan fingerprint density at radius 2 is 1.81 bits per heavy atom. The summed E-state index contributed by atoms with van der Waals surface area (Å²) in [6, 6.07) is 6.10. The molecule has 2 aliphatic rings. The van der Waals surface area contributed by atoms with Gasteiger partial charge in [-0.3, -0.25) is 14.4 Å². The highest BCUT2D eigenvalue weighted by Crippen LogP contribution is 2.50. The summed E-state index contributed by atoms with van der Waals surface area (Å²) in [7, 11) is 0. The lowest BCUT2D eigenvalue weighted by atomic mass is 9.94. The summed E-state index contributed by atoms with van der Waals surface area (Å²) >= 11 is 1.29. The Balaban J connectivity index is 1.78. The van der Waals surface area contributed by atoms with E-state index in [0.717, 1.165) is 0 Å². The minimum atomic E-state index is -1.44. The number of carbonyl (C=O) groups excluding carboxylic acids is 2. The Labute approximate surface area is 153 Å². The van der Waals surface area contributed by atoms with Gasteiger partial charge in [0.05, 0.1) is 0 Å². The summed E-state index contributed by atoms with van der Waals surface area (Å²) in [6.07, 6.45) is 0. The first-order valence-electron chi connectivity index (χ1n) is 7.96. The fourth-order valence-electron chi connectivity index (χ4n) is 3.43. The normalized spacial score (nSPS) is 27.2. The fraction of sp³-hybridized carbons (Fsp3) is 0.412. The molecule has 0 saturated carbocycles. The van der Waals surface area contributed by atoms with E-state index in [1.807, 2.05) is 0 Å². The van der Waals surface area contributed by atoms with Crippen molar-refractivity contribution in [3.8, 4) is 0 Å². The van der Waals surface area contributed by atoms with Gasteiger partial charge in [-0.05, 0) is 19.4 Å². The number of rotatable bonds is 5. The lowest BCUT2D eigenvalue weighted by Crippen LogP contribution is -2.71. The molecule has 1 aromatic rings. The molecule has 0 aliphatic carbocycles. The van der Waals surface area contributed by atoms with Gasteiger partial charge < -0.3 is 20.4 Å². The van der Waals surface area contributed by atoms with E-state index >= 15 is 0 Å². The molecule has 1 aromatic carbocycles. The van der Waals surface area contributed by atoms with Crippen LogP contribution in [0.2, 0.25) is 0 Å². The Morgan fingerprint density at radius 1 is 1.19 bits per heavy atom. The molecular weight excluding hydrogens is 360 g/mol. The van der Waals surface area contributed by atoms with Crippen LogP contribution in [0.1, 0.15) is 25.3 Å². The van der Waals surface area contributed by atoms with Crippen molar-refractivity contribution in [2.45, 2.75) is 42.0 Å². The first kappa shape index (κ1) is 18.2. The molecule has 0 bridgehead atoms. The van der Waals surface area contributed by atoms with Gasteiger partial charge in [0.2, 0.25) is 11.8 Å². The molecule has 26 heavy (non-hydrogen) atoms. The number of hydrogen-bond acceptors (Lipinski definition) is 5. The van der Waals surface area contributed by atoms with E-state index in [-0.39, 0.29) is 0 Å². The summed E-state index contributed by atoms with van der Waals surface area (Å²) in [6.45, 7) is 3.45. The molecule has 3 rings (SSSR count). The zero-order valence-corrected chi connectivity index (χ0v) is 14.9. The van der Waals surface area contributed by atoms with E-state index in [9.17, 15) is 29.4 Å². The molecule has 0 aromatic heterocycles. The van der Waals surface area contributed by atoms with Gasteiger partial charge in [-0.1, -0.05) is 30.3 Å². The number of β-lactam (4-membered cyclic amide) rings is 1. The number of nitrogens with one attached hydrogen (secondary N) is 1. The molecular formula is C17H18N2O6S. The van der Waals surface area contributed by atoms with Gasteiger partial charge in [0.15, 0.2) is 5.92 Å². The predicted octanol–water partition coefficient (Wildman–Crippen LogP) is 0.486. The zero-order chi connectivity index (χ0) is 19.2. The van der Waals surface area contributed by atoms with E-state index in [1.54, 1.807) is 32.0 Å². The number of carboxylic acids is 2.